The van der Waals surface area contributed by atoms with Crippen molar-refractivity contribution >= 4 is 11.7 Å². The zero-order valence-corrected chi connectivity index (χ0v) is 19.6. The van der Waals surface area contributed by atoms with Crippen molar-refractivity contribution in [1.29, 1.82) is 0 Å². The van der Waals surface area contributed by atoms with Crippen molar-refractivity contribution in [3.63, 3.8) is 0 Å². The molecule has 6 heteroatoms. The van der Waals surface area contributed by atoms with Crippen molar-refractivity contribution in [1.82, 2.24) is 10.3 Å². The van der Waals surface area contributed by atoms with E-state index >= 15 is 0 Å². The predicted molar refractivity (Wildman–Crippen MR) is 127 cm³/mol. The predicted octanol–water partition coefficient (Wildman–Crippen LogP) is 5.62. The highest BCUT2D eigenvalue weighted by Gasteiger charge is 2.25. The minimum Gasteiger partial charge on any atom is -0.460 e. The molecule has 1 aliphatic rings. The Morgan fingerprint density at radius 3 is 2.59 bits per heavy atom. The lowest BCUT2D eigenvalue weighted by Gasteiger charge is -2.31. The summed E-state index contributed by atoms with van der Waals surface area (Å²) in [5.41, 5.74) is 7.33. The molecule has 3 rings (SSSR count). The molecule has 174 valence electrons. The molecule has 0 bridgehead atoms. The van der Waals surface area contributed by atoms with Crippen LogP contribution >= 0.6 is 0 Å². The van der Waals surface area contributed by atoms with Crippen LogP contribution in [0.15, 0.2) is 42.6 Å². The van der Waals surface area contributed by atoms with Gasteiger partial charge in [-0.2, -0.15) is 0 Å². The number of esters is 1. The number of hydrogen-bond acceptors (Lipinski definition) is 6. The topological polar surface area (TPSA) is 86.5 Å². The lowest BCUT2D eigenvalue weighted by molar-refractivity contribution is -0.155. The molecule has 1 saturated carbocycles. The van der Waals surface area contributed by atoms with Crippen LogP contribution in [0.25, 0.3) is 0 Å². The number of aromatic nitrogens is 1. The molecule has 32 heavy (non-hydrogen) atoms. The van der Waals surface area contributed by atoms with Crippen molar-refractivity contribution in [3.8, 4) is 11.6 Å². The number of nitrogen functional groups attached to an aromatic ring is 1. The standard InChI is InChI=1S/C26H37N3O3/c1-26(2,3)32-25(30)15-14-23(19-10-6-4-7-11-19)28-17-20-16-24(29-18-22(20)27)31-21-12-8-5-9-13-21/h5,8-9,12-13,16,18-19,23,28H,4,6-7,10-11,14-15,17,27H2,1-3H3/t23-/m0/s1. The third-order valence-corrected chi connectivity index (χ3v) is 5.82. The van der Waals surface area contributed by atoms with Crippen LogP contribution in [-0.4, -0.2) is 22.6 Å². The summed E-state index contributed by atoms with van der Waals surface area (Å²) in [6.07, 6.45) is 9.01. The molecule has 6 nitrogen and oxygen atoms in total. The summed E-state index contributed by atoms with van der Waals surface area (Å²) in [6, 6.07) is 11.7. The van der Waals surface area contributed by atoms with Crippen LogP contribution in [0.5, 0.6) is 11.6 Å². The fourth-order valence-electron chi connectivity index (χ4n) is 4.25. The number of rotatable bonds is 9. The molecule has 1 atom stereocenters. The Bertz CT molecular complexity index is 858. The molecule has 3 N–H and O–H groups in total. The summed E-state index contributed by atoms with van der Waals surface area (Å²) in [7, 11) is 0. The maximum absolute atomic E-state index is 12.3. The van der Waals surface area contributed by atoms with Gasteiger partial charge in [-0.3, -0.25) is 4.79 Å². The molecule has 2 aromatic rings. The van der Waals surface area contributed by atoms with Gasteiger partial charge in [0.15, 0.2) is 0 Å². The molecule has 1 fully saturated rings. The number of carbonyl (C=O) groups excluding carboxylic acids is 1. The van der Waals surface area contributed by atoms with E-state index in [1.807, 2.05) is 57.2 Å². The van der Waals surface area contributed by atoms with Crippen molar-refractivity contribution in [2.24, 2.45) is 5.92 Å². The van der Waals surface area contributed by atoms with Gasteiger partial charge in [0.25, 0.3) is 0 Å². The summed E-state index contributed by atoms with van der Waals surface area (Å²) in [6.45, 7) is 6.32. The monoisotopic (exact) mass is 439 g/mol. The van der Waals surface area contributed by atoms with Crippen molar-refractivity contribution in [2.45, 2.75) is 83.9 Å². The van der Waals surface area contributed by atoms with Crippen molar-refractivity contribution in [3.05, 3.63) is 48.2 Å². The minimum atomic E-state index is -0.453. The van der Waals surface area contributed by atoms with Crippen molar-refractivity contribution < 1.29 is 14.3 Å². The highest BCUT2D eigenvalue weighted by Crippen LogP contribution is 2.29. The van der Waals surface area contributed by atoms with E-state index < -0.39 is 5.60 Å². The number of pyridine rings is 1. The zero-order chi connectivity index (χ0) is 23.0. The quantitative estimate of drug-likeness (QED) is 0.493. The molecular weight excluding hydrogens is 402 g/mol. The van der Waals surface area contributed by atoms with Gasteiger partial charge in [-0.15, -0.1) is 0 Å². The summed E-state index contributed by atoms with van der Waals surface area (Å²) in [4.78, 5) is 16.6. The van der Waals surface area contributed by atoms with E-state index in [1.54, 1.807) is 6.20 Å². The Morgan fingerprint density at radius 1 is 1.19 bits per heavy atom. The van der Waals surface area contributed by atoms with Crippen LogP contribution in [0, 0.1) is 5.92 Å². The van der Waals surface area contributed by atoms with Gasteiger partial charge in [0, 0.05) is 25.1 Å². The maximum Gasteiger partial charge on any atom is 0.306 e. The largest absolute Gasteiger partial charge is 0.460 e. The Labute approximate surface area is 191 Å². The van der Waals surface area contributed by atoms with Gasteiger partial charge in [0.2, 0.25) is 5.88 Å². The average Bonchev–Trinajstić information content (AvgIpc) is 2.76. The van der Waals surface area contributed by atoms with E-state index in [2.05, 4.69) is 10.3 Å². The fourth-order valence-corrected chi connectivity index (χ4v) is 4.25. The summed E-state index contributed by atoms with van der Waals surface area (Å²) < 4.78 is 11.4. The molecule has 0 amide bonds. The van der Waals surface area contributed by atoms with E-state index in [0.29, 0.717) is 30.5 Å². The molecule has 1 heterocycles. The Balaban J connectivity index is 1.64. The first-order chi connectivity index (χ1) is 15.3. The number of nitrogens with zero attached hydrogens (tertiary/aromatic N) is 1. The second-order valence-corrected chi connectivity index (χ2v) is 9.65. The van der Waals surface area contributed by atoms with E-state index in [4.69, 9.17) is 15.2 Å². The highest BCUT2D eigenvalue weighted by molar-refractivity contribution is 5.69. The van der Waals surface area contributed by atoms with Gasteiger partial charge in [-0.25, -0.2) is 4.98 Å². The first-order valence-corrected chi connectivity index (χ1v) is 11.7. The number of nitrogens with one attached hydrogen (secondary N) is 1. The Hall–Kier alpha value is -2.60. The first-order valence-electron chi connectivity index (χ1n) is 11.7. The third kappa shape index (κ3) is 7.83. The van der Waals surface area contributed by atoms with E-state index in [-0.39, 0.29) is 12.0 Å². The molecule has 1 aliphatic carbocycles. The van der Waals surface area contributed by atoms with Crippen molar-refractivity contribution in [2.75, 3.05) is 5.73 Å². The van der Waals surface area contributed by atoms with E-state index in [9.17, 15) is 4.79 Å². The summed E-state index contributed by atoms with van der Waals surface area (Å²) in [5, 5.41) is 3.68. The SMILES string of the molecule is CC(C)(C)OC(=O)CC[C@H](NCc1cc(Oc2ccccc2)ncc1N)C1CCCCC1. The van der Waals surface area contributed by atoms with Crippen LogP contribution in [0.1, 0.15) is 71.3 Å². The number of hydrogen-bond donors (Lipinski definition) is 2. The van der Waals surface area contributed by atoms with Gasteiger partial charge in [0.05, 0.1) is 11.9 Å². The van der Waals surface area contributed by atoms with Crippen LogP contribution < -0.4 is 15.8 Å². The Morgan fingerprint density at radius 2 is 1.91 bits per heavy atom. The molecule has 1 aromatic heterocycles. The second kappa shape index (κ2) is 11.3. The van der Waals surface area contributed by atoms with E-state index in [0.717, 1.165) is 17.7 Å². The Kier molecular flexibility index (Phi) is 8.51. The van der Waals surface area contributed by atoms with Gasteiger partial charge in [0.1, 0.15) is 11.4 Å². The maximum atomic E-state index is 12.3. The van der Waals surface area contributed by atoms with Crippen LogP contribution in [0.4, 0.5) is 5.69 Å². The lowest BCUT2D eigenvalue weighted by atomic mass is 9.82. The van der Waals surface area contributed by atoms with Crippen LogP contribution in [0.3, 0.4) is 0 Å². The highest BCUT2D eigenvalue weighted by atomic mass is 16.6. The molecular formula is C26H37N3O3. The molecule has 0 spiro atoms. The average molecular weight is 440 g/mol. The van der Waals surface area contributed by atoms with Crippen LogP contribution in [-0.2, 0) is 16.1 Å². The molecule has 0 radical (unpaired) electrons. The number of ether oxygens (including phenoxy) is 2. The van der Waals surface area contributed by atoms with Gasteiger partial charge < -0.3 is 20.5 Å². The van der Waals surface area contributed by atoms with Gasteiger partial charge in [-0.05, 0) is 63.6 Å². The smallest absolute Gasteiger partial charge is 0.306 e. The first kappa shape index (κ1) is 24.1. The number of anilines is 1. The number of para-hydroxylation sites is 1. The van der Waals surface area contributed by atoms with Gasteiger partial charge >= 0.3 is 5.97 Å². The summed E-state index contributed by atoms with van der Waals surface area (Å²) in [5.74, 6) is 1.68. The van der Waals surface area contributed by atoms with E-state index in [1.165, 1.54) is 32.1 Å². The van der Waals surface area contributed by atoms with Gasteiger partial charge in [-0.1, -0.05) is 37.5 Å². The lowest BCUT2D eigenvalue weighted by Crippen LogP contribution is -2.38. The number of carbonyl (C=O) groups is 1. The zero-order valence-electron chi connectivity index (χ0n) is 19.6. The molecule has 0 unspecified atom stereocenters. The molecule has 0 saturated heterocycles. The van der Waals surface area contributed by atoms with Crippen LogP contribution in [0.2, 0.25) is 0 Å². The normalized spacial score (nSPS) is 15.8. The summed E-state index contributed by atoms with van der Waals surface area (Å²) >= 11 is 0. The number of benzene rings is 1. The molecule has 1 aromatic carbocycles. The fraction of sp³-hybridized carbons (Fsp3) is 0.538. The second-order valence-electron chi connectivity index (χ2n) is 9.65. The number of nitrogens with two attached hydrogens (primary N) is 1. The minimum absolute atomic E-state index is 0.137. The molecule has 0 aliphatic heterocycles. The third-order valence-electron chi connectivity index (χ3n) is 5.82.